The van der Waals surface area contributed by atoms with Crippen LogP contribution in [0.1, 0.15) is 28.1 Å². The van der Waals surface area contributed by atoms with Crippen molar-refractivity contribution in [1.29, 1.82) is 0 Å². The average Bonchev–Trinajstić information content (AvgIpc) is 2.99. The van der Waals surface area contributed by atoms with E-state index in [4.69, 9.17) is 0 Å². The minimum absolute atomic E-state index is 0.870. The normalized spacial score (nSPS) is 13.3. The zero-order valence-electron chi connectivity index (χ0n) is 12.5. The molecule has 0 spiro atoms. The predicted octanol–water partition coefficient (Wildman–Crippen LogP) is 2.29. The summed E-state index contributed by atoms with van der Waals surface area (Å²) in [6.45, 7) is 7.02. The molecule has 4 heteroatoms. The topological polar surface area (TPSA) is 41.9 Å². The highest BCUT2D eigenvalue weighted by molar-refractivity contribution is 5.61. The lowest BCUT2D eigenvalue weighted by Crippen LogP contribution is -2.15. The summed E-state index contributed by atoms with van der Waals surface area (Å²) in [6, 6.07) is 6.57. The van der Waals surface area contributed by atoms with E-state index in [0.29, 0.717) is 0 Å². The number of fused-ring (bicyclic) bond motifs is 1. The minimum Gasteiger partial charge on any atom is -0.384 e. The van der Waals surface area contributed by atoms with E-state index in [9.17, 15) is 0 Å². The molecule has 1 aromatic heterocycles. The average molecular weight is 270 g/mol. The van der Waals surface area contributed by atoms with Gasteiger partial charge in [0.2, 0.25) is 0 Å². The van der Waals surface area contributed by atoms with E-state index in [0.717, 1.165) is 31.7 Å². The molecule has 0 bridgehead atoms. The molecule has 0 fully saturated rings. The molecule has 3 rings (SSSR count). The maximum Gasteiger partial charge on any atom is 0.0641 e. The Bertz CT molecular complexity index is 628. The van der Waals surface area contributed by atoms with Gasteiger partial charge in [-0.25, -0.2) is 0 Å². The predicted molar refractivity (Wildman–Crippen MR) is 81.9 cm³/mol. The fourth-order valence-corrected chi connectivity index (χ4v) is 2.95. The molecule has 2 heterocycles. The van der Waals surface area contributed by atoms with Crippen molar-refractivity contribution in [2.24, 2.45) is 7.05 Å². The van der Waals surface area contributed by atoms with Gasteiger partial charge in [0.1, 0.15) is 0 Å². The van der Waals surface area contributed by atoms with E-state index in [2.05, 4.69) is 47.8 Å². The number of para-hydroxylation sites is 1. The van der Waals surface area contributed by atoms with E-state index in [1.807, 2.05) is 11.7 Å². The summed E-state index contributed by atoms with van der Waals surface area (Å²) in [4.78, 5) is 0. The van der Waals surface area contributed by atoms with Crippen LogP contribution in [-0.4, -0.2) is 16.3 Å². The number of anilines is 1. The van der Waals surface area contributed by atoms with Crippen molar-refractivity contribution in [2.45, 2.75) is 33.4 Å². The van der Waals surface area contributed by atoms with Crippen LogP contribution in [0.4, 0.5) is 5.69 Å². The molecule has 0 saturated heterocycles. The van der Waals surface area contributed by atoms with Crippen LogP contribution in [0.2, 0.25) is 0 Å². The first-order valence-electron chi connectivity index (χ1n) is 7.21. The van der Waals surface area contributed by atoms with Gasteiger partial charge in [0, 0.05) is 43.6 Å². The molecular weight excluding hydrogens is 248 g/mol. The largest absolute Gasteiger partial charge is 0.384 e. The molecule has 106 valence electrons. The van der Waals surface area contributed by atoms with Gasteiger partial charge in [-0.3, -0.25) is 4.68 Å². The van der Waals surface area contributed by atoms with Gasteiger partial charge in [0.15, 0.2) is 0 Å². The van der Waals surface area contributed by atoms with Crippen LogP contribution in [0.15, 0.2) is 18.2 Å². The molecule has 20 heavy (non-hydrogen) atoms. The number of nitrogens with one attached hydrogen (secondary N) is 2. The lowest BCUT2D eigenvalue weighted by atomic mass is 10.1. The van der Waals surface area contributed by atoms with Crippen molar-refractivity contribution in [3.8, 4) is 0 Å². The van der Waals surface area contributed by atoms with Gasteiger partial charge in [-0.05, 0) is 31.4 Å². The van der Waals surface area contributed by atoms with Crippen molar-refractivity contribution in [3.63, 3.8) is 0 Å². The van der Waals surface area contributed by atoms with Crippen molar-refractivity contribution < 1.29 is 0 Å². The first-order chi connectivity index (χ1) is 9.66. The number of aryl methyl sites for hydroxylation is 2. The fraction of sp³-hybridized carbons (Fsp3) is 0.438. The Morgan fingerprint density at radius 3 is 2.90 bits per heavy atom. The highest BCUT2D eigenvalue weighted by Crippen LogP contribution is 2.26. The second-order valence-corrected chi connectivity index (χ2v) is 5.50. The number of hydrogen-bond acceptors (Lipinski definition) is 3. The van der Waals surface area contributed by atoms with Crippen molar-refractivity contribution in [3.05, 3.63) is 46.3 Å². The first-order valence-corrected chi connectivity index (χ1v) is 7.21. The summed E-state index contributed by atoms with van der Waals surface area (Å²) in [6.07, 6.45) is 1.14. The van der Waals surface area contributed by atoms with Crippen LogP contribution in [0.5, 0.6) is 0 Å². The smallest absolute Gasteiger partial charge is 0.0641 e. The Kier molecular flexibility index (Phi) is 3.49. The molecule has 4 nitrogen and oxygen atoms in total. The maximum absolute atomic E-state index is 4.46. The van der Waals surface area contributed by atoms with E-state index >= 15 is 0 Å². The molecule has 0 atom stereocenters. The molecule has 2 N–H and O–H groups in total. The third-order valence-corrected chi connectivity index (χ3v) is 4.21. The highest BCUT2D eigenvalue weighted by Gasteiger charge is 2.14. The van der Waals surface area contributed by atoms with Gasteiger partial charge >= 0.3 is 0 Å². The Balaban J connectivity index is 1.68. The first kappa shape index (κ1) is 13.2. The zero-order valence-corrected chi connectivity index (χ0v) is 12.5. The molecule has 2 aromatic rings. The maximum atomic E-state index is 4.46. The van der Waals surface area contributed by atoms with Crippen molar-refractivity contribution >= 4 is 5.69 Å². The lowest BCUT2D eigenvalue weighted by Gasteiger charge is -2.10. The molecular formula is C16H22N4. The van der Waals surface area contributed by atoms with Gasteiger partial charge < -0.3 is 10.6 Å². The summed E-state index contributed by atoms with van der Waals surface area (Å²) in [5, 5.41) is 11.5. The summed E-state index contributed by atoms with van der Waals surface area (Å²) in [7, 11) is 2.00. The third kappa shape index (κ3) is 2.31. The quantitative estimate of drug-likeness (QED) is 0.896. The Morgan fingerprint density at radius 2 is 2.15 bits per heavy atom. The van der Waals surface area contributed by atoms with Crippen molar-refractivity contribution in [1.82, 2.24) is 15.1 Å². The molecule has 0 aliphatic carbocycles. The third-order valence-electron chi connectivity index (χ3n) is 4.21. The van der Waals surface area contributed by atoms with Crippen LogP contribution >= 0.6 is 0 Å². The molecule has 0 amide bonds. The van der Waals surface area contributed by atoms with E-state index in [-0.39, 0.29) is 0 Å². The lowest BCUT2D eigenvalue weighted by molar-refractivity contribution is 0.685. The second-order valence-electron chi connectivity index (χ2n) is 5.50. The molecule has 0 saturated carbocycles. The van der Waals surface area contributed by atoms with E-state index in [1.54, 1.807) is 0 Å². The minimum atomic E-state index is 0.870. The zero-order chi connectivity index (χ0) is 14.1. The number of aromatic nitrogens is 2. The van der Waals surface area contributed by atoms with Crippen molar-refractivity contribution in [2.75, 3.05) is 11.9 Å². The van der Waals surface area contributed by atoms with Gasteiger partial charge in [-0.15, -0.1) is 0 Å². The van der Waals surface area contributed by atoms with Gasteiger partial charge in [0.05, 0.1) is 5.69 Å². The standard InChI is InChI=1S/C16H22N4/c1-11-15(12(2)20(3)19-11)10-17-9-14-6-4-5-13-7-8-18-16(13)14/h4-6,17-18H,7-10H2,1-3H3. The highest BCUT2D eigenvalue weighted by atomic mass is 15.3. The van der Waals surface area contributed by atoms with Crippen LogP contribution < -0.4 is 10.6 Å². The monoisotopic (exact) mass is 270 g/mol. The van der Waals surface area contributed by atoms with Gasteiger partial charge in [-0.1, -0.05) is 18.2 Å². The number of rotatable bonds is 4. The Hall–Kier alpha value is -1.81. The van der Waals surface area contributed by atoms with Crippen LogP contribution in [0, 0.1) is 13.8 Å². The van der Waals surface area contributed by atoms with Crippen LogP contribution in [0.25, 0.3) is 0 Å². The Labute approximate surface area is 120 Å². The van der Waals surface area contributed by atoms with Gasteiger partial charge in [0.25, 0.3) is 0 Å². The summed E-state index contributed by atoms with van der Waals surface area (Å²) >= 11 is 0. The summed E-state index contributed by atoms with van der Waals surface area (Å²) in [5.74, 6) is 0. The van der Waals surface area contributed by atoms with E-state index in [1.165, 1.54) is 28.1 Å². The number of hydrogen-bond donors (Lipinski definition) is 2. The molecule has 1 aromatic carbocycles. The summed E-state index contributed by atoms with van der Waals surface area (Å²) < 4.78 is 1.95. The van der Waals surface area contributed by atoms with E-state index < -0.39 is 0 Å². The van der Waals surface area contributed by atoms with Gasteiger partial charge in [-0.2, -0.15) is 5.10 Å². The molecule has 0 unspecified atom stereocenters. The second kappa shape index (κ2) is 5.29. The summed E-state index contributed by atoms with van der Waals surface area (Å²) in [5.41, 5.74) is 7.81. The molecule has 1 aliphatic heterocycles. The molecule has 1 aliphatic rings. The molecule has 0 radical (unpaired) electrons. The Morgan fingerprint density at radius 1 is 1.30 bits per heavy atom. The SMILES string of the molecule is Cc1nn(C)c(C)c1CNCc1cccc2c1NCC2. The van der Waals surface area contributed by atoms with Crippen LogP contribution in [-0.2, 0) is 26.6 Å². The number of benzene rings is 1. The number of nitrogens with zero attached hydrogens (tertiary/aromatic N) is 2. The van der Waals surface area contributed by atoms with Crippen LogP contribution in [0.3, 0.4) is 0 Å². The fourth-order valence-electron chi connectivity index (χ4n) is 2.95.